The number of nitrogens with zero attached hydrogens (tertiary/aromatic N) is 1. The fourth-order valence-corrected chi connectivity index (χ4v) is 4.66. The van der Waals surface area contributed by atoms with E-state index < -0.39 is 7.12 Å². The molecule has 0 saturated carbocycles. The number of rotatable bonds is 5. The number of anilines is 2. The van der Waals surface area contributed by atoms with Crippen molar-refractivity contribution in [3.05, 3.63) is 63.3 Å². The maximum atomic E-state index is 13.4. The van der Waals surface area contributed by atoms with E-state index in [4.69, 9.17) is 4.42 Å². The Hall–Kier alpha value is -2.77. The monoisotopic (exact) mass is 448 g/mol. The fraction of sp³-hybridized carbons (Fsp3) is 0.423. The zero-order chi connectivity index (χ0) is 23.9. The molecule has 7 heteroatoms. The van der Waals surface area contributed by atoms with Gasteiger partial charge < -0.3 is 24.7 Å². The lowest BCUT2D eigenvalue weighted by molar-refractivity contribution is 0.274. The van der Waals surface area contributed by atoms with Gasteiger partial charge >= 0.3 is 7.12 Å². The number of aryl methyl sites for hydroxylation is 1. The summed E-state index contributed by atoms with van der Waals surface area (Å²) in [6.07, 6.45) is 2.10. The van der Waals surface area contributed by atoms with Gasteiger partial charge in [-0.05, 0) is 56.7 Å². The van der Waals surface area contributed by atoms with Crippen molar-refractivity contribution in [2.45, 2.75) is 53.5 Å². The van der Waals surface area contributed by atoms with Gasteiger partial charge in [0.05, 0.1) is 17.0 Å². The maximum Gasteiger partial charge on any atom is 0.490 e. The number of benzene rings is 2. The molecule has 0 radical (unpaired) electrons. The minimum atomic E-state index is -1.58. The van der Waals surface area contributed by atoms with Crippen LogP contribution < -0.4 is 21.1 Å². The summed E-state index contributed by atoms with van der Waals surface area (Å²) in [5, 5.41) is 23.4. The number of piperidine rings is 1. The molecular weight excluding hydrogens is 415 g/mol. The molecule has 3 N–H and O–H groups in total. The predicted octanol–water partition coefficient (Wildman–Crippen LogP) is 3.89. The Morgan fingerprint density at radius 2 is 1.79 bits per heavy atom. The van der Waals surface area contributed by atoms with E-state index >= 15 is 0 Å². The predicted molar refractivity (Wildman–Crippen MR) is 135 cm³/mol. The Morgan fingerprint density at radius 3 is 2.45 bits per heavy atom. The van der Waals surface area contributed by atoms with E-state index in [1.54, 1.807) is 12.1 Å². The lowest BCUT2D eigenvalue weighted by atomic mass is 9.79. The van der Waals surface area contributed by atoms with E-state index in [0.29, 0.717) is 39.0 Å². The molecule has 2 heterocycles. The normalized spacial score (nSPS) is 16.6. The first kappa shape index (κ1) is 23.4. The second-order valence-corrected chi connectivity index (χ2v) is 10.1. The van der Waals surface area contributed by atoms with Crippen LogP contribution in [0.3, 0.4) is 0 Å². The van der Waals surface area contributed by atoms with Gasteiger partial charge in [-0.15, -0.1) is 0 Å². The Labute approximate surface area is 195 Å². The third-order valence-corrected chi connectivity index (χ3v) is 6.85. The summed E-state index contributed by atoms with van der Waals surface area (Å²) < 4.78 is 6.49. The van der Waals surface area contributed by atoms with Gasteiger partial charge in [-0.3, -0.25) is 4.79 Å². The van der Waals surface area contributed by atoms with Crippen LogP contribution in [0.15, 0.2) is 45.6 Å². The molecule has 1 aromatic heterocycles. The van der Waals surface area contributed by atoms with Crippen molar-refractivity contribution in [3.8, 4) is 0 Å². The second-order valence-electron chi connectivity index (χ2n) is 10.1. The van der Waals surface area contributed by atoms with Crippen LogP contribution >= 0.6 is 0 Å². The van der Waals surface area contributed by atoms with Crippen LogP contribution in [0.2, 0.25) is 0 Å². The first-order valence-corrected chi connectivity index (χ1v) is 11.6. The van der Waals surface area contributed by atoms with Crippen molar-refractivity contribution >= 4 is 35.1 Å². The number of hydrogen-bond acceptors (Lipinski definition) is 6. The molecule has 1 fully saturated rings. The van der Waals surface area contributed by atoms with Crippen molar-refractivity contribution in [2.75, 3.05) is 23.3 Å². The first-order valence-electron chi connectivity index (χ1n) is 11.6. The van der Waals surface area contributed by atoms with E-state index in [2.05, 4.69) is 24.1 Å². The fourth-order valence-electron chi connectivity index (χ4n) is 4.66. The van der Waals surface area contributed by atoms with Gasteiger partial charge in [-0.1, -0.05) is 38.1 Å². The molecule has 1 aliphatic rings. The van der Waals surface area contributed by atoms with Crippen LogP contribution in [0.4, 0.5) is 11.6 Å². The molecule has 6 nitrogen and oxygen atoms in total. The molecule has 0 spiro atoms. The second kappa shape index (κ2) is 8.88. The van der Waals surface area contributed by atoms with Gasteiger partial charge in [-0.25, -0.2) is 0 Å². The zero-order valence-electron chi connectivity index (χ0n) is 20.1. The van der Waals surface area contributed by atoms with E-state index in [9.17, 15) is 14.8 Å². The standard InChI is InChI=1S/C26H33BN2O4/c1-16-14-19(18(3)28-22-9-7-6-8-21(22)27(31)32)24-20(15-16)23(30)17(2)25(33-24)29-12-10-26(4,5)11-13-29/h6-9,14-15,18,28,31-32H,10-13H2,1-5H3. The smallest absolute Gasteiger partial charge is 0.440 e. The maximum absolute atomic E-state index is 13.4. The number of nitrogens with one attached hydrogen (secondary N) is 1. The summed E-state index contributed by atoms with van der Waals surface area (Å²) in [6.45, 7) is 12.1. The zero-order valence-corrected chi connectivity index (χ0v) is 20.1. The lowest BCUT2D eigenvalue weighted by Gasteiger charge is -2.37. The minimum absolute atomic E-state index is 0.000542. The van der Waals surface area contributed by atoms with Crippen molar-refractivity contribution < 1.29 is 14.5 Å². The van der Waals surface area contributed by atoms with Gasteiger partial charge in [-0.2, -0.15) is 0 Å². The third kappa shape index (κ3) is 4.66. The molecule has 3 aromatic rings. The Bertz CT molecular complexity index is 1220. The summed E-state index contributed by atoms with van der Waals surface area (Å²) in [4.78, 5) is 15.6. The summed E-state index contributed by atoms with van der Waals surface area (Å²) in [5.41, 5.74) is 4.39. The van der Waals surface area contributed by atoms with Crippen molar-refractivity contribution in [1.29, 1.82) is 0 Å². The van der Waals surface area contributed by atoms with Gasteiger partial charge in [0.2, 0.25) is 5.88 Å². The Kier molecular flexibility index (Phi) is 6.29. The molecule has 33 heavy (non-hydrogen) atoms. The minimum Gasteiger partial charge on any atom is -0.440 e. The summed E-state index contributed by atoms with van der Waals surface area (Å²) in [6, 6.07) is 10.8. The van der Waals surface area contributed by atoms with Crippen LogP contribution in [0, 0.1) is 19.3 Å². The molecule has 0 aliphatic carbocycles. The molecular formula is C26H33BN2O4. The molecule has 1 saturated heterocycles. The molecule has 174 valence electrons. The highest BCUT2D eigenvalue weighted by atomic mass is 16.4. The van der Waals surface area contributed by atoms with Crippen LogP contribution in [0.1, 0.15) is 56.3 Å². The van der Waals surface area contributed by atoms with Crippen LogP contribution in [-0.4, -0.2) is 30.3 Å². The molecule has 4 rings (SSSR count). The van der Waals surface area contributed by atoms with Gasteiger partial charge in [0.25, 0.3) is 0 Å². The summed E-state index contributed by atoms with van der Waals surface area (Å²) in [5.74, 6) is 0.659. The van der Waals surface area contributed by atoms with E-state index in [0.717, 1.165) is 37.1 Å². The largest absolute Gasteiger partial charge is 0.490 e. The van der Waals surface area contributed by atoms with E-state index in [-0.39, 0.29) is 11.5 Å². The molecule has 1 unspecified atom stereocenters. The van der Waals surface area contributed by atoms with E-state index in [1.807, 2.05) is 45.0 Å². The first-order chi connectivity index (χ1) is 15.6. The molecule has 0 amide bonds. The Morgan fingerprint density at radius 1 is 1.12 bits per heavy atom. The van der Waals surface area contributed by atoms with Gasteiger partial charge in [0, 0.05) is 29.8 Å². The lowest BCUT2D eigenvalue weighted by Crippen LogP contribution is -2.38. The van der Waals surface area contributed by atoms with Crippen LogP contribution in [-0.2, 0) is 0 Å². The highest BCUT2D eigenvalue weighted by molar-refractivity contribution is 6.60. The summed E-state index contributed by atoms with van der Waals surface area (Å²) in [7, 11) is -1.58. The summed E-state index contributed by atoms with van der Waals surface area (Å²) >= 11 is 0. The van der Waals surface area contributed by atoms with Crippen molar-refractivity contribution in [2.24, 2.45) is 5.41 Å². The number of fused-ring (bicyclic) bond motifs is 1. The van der Waals surface area contributed by atoms with E-state index in [1.165, 1.54) is 0 Å². The topological polar surface area (TPSA) is 85.9 Å². The van der Waals surface area contributed by atoms with Crippen molar-refractivity contribution in [1.82, 2.24) is 0 Å². The SMILES string of the molecule is Cc1cc(C(C)Nc2ccccc2B(O)O)c2oc(N3CCC(C)(C)CC3)c(C)c(=O)c2c1. The van der Waals surface area contributed by atoms with Gasteiger partial charge in [0.15, 0.2) is 5.43 Å². The molecule has 2 aromatic carbocycles. The highest BCUT2D eigenvalue weighted by Crippen LogP contribution is 2.35. The molecule has 1 atom stereocenters. The quantitative estimate of drug-likeness (QED) is 0.514. The van der Waals surface area contributed by atoms with Crippen LogP contribution in [0.25, 0.3) is 11.0 Å². The molecule has 0 bridgehead atoms. The number of hydrogen-bond donors (Lipinski definition) is 3. The Balaban J connectivity index is 1.79. The average Bonchev–Trinajstić information content (AvgIpc) is 2.76. The average molecular weight is 448 g/mol. The molecule has 1 aliphatic heterocycles. The number of para-hydroxylation sites is 1. The van der Waals surface area contributed by atoms with Crippen molar-refractivity contribution in [3.63, 3.8) is 0 Å². The highest BCUT2D eigenvalue weighted by Gasteiger charge is 2.29. The third-order valence-electron chi connectivity index (χ3n) is 6.85. The van der Waals surface area contributed by atoms with Crippen LogP contribution in [0.5, 0.6) is 0 Å². The van der Waals surface area contributed by atoms with Gasteiger partial charge in [0.1, 0.15) is 5.58 Å².